The van der Waals surface area contributed by atoms with Crippen LogP contribution in [0.2, 0.25) is 0 Å². The molecular weight excluding hydrogens is 186 g/mol. The van der Waals surface area contributed by atoms with Gasteiger partial charge < -0.3 is 10.6 Å². The Morgan fingerprint density at radius 2 is 2.00 bits per heavy atom. The van der Waals surface area contributed by atoms with Crippen molar-refractivity contribution in [1.82, 2.24) is 9.80 Å². The van der Waals surface area contributed by atoms with E-state index in [2.05, 4.69) is 4.90 Å². The number of nitrogens with zero attached hydrogens (tertiary/aromatic N) is 2. The van der Waals surface area contributed by atoms with Crippen molar-refractivity contribution in [3.8, 4) is 0 Å². The predicted molar refractivity (Wildman–Crippen MR) is 55.5 cm³/mol. The fourth-order valence-corrected chi connectivity index (χ4v) is 1.45. The average Bonchev–Trinajstić information content (AvgIpc) is 2.15. The van der Waals surface area contributed by atoms with Crippen LogP contribution in [0.15, 0.2) is 0 Å². The molecule has 0 atom stereocenters. The monoisotopic (exact) mass is 201 g/mol. The molecule has 0 aromatic heterocycles. The highest BCUT2D eigenvalue weighted by Gasteiger charge is 2.14. The molecule has 0 aliphatic carbocycles. The van der Waals surface area contributed by atoms with E-state index in [0.717, 1.165) is 45.6 Å². The first-order valence-corrected chi connectivity index (χ1v) is 4.83. The first kappa shape index (κ1) is 10.4. The van der Waals surface area contributed by atoms with Gasteiger partial charge in [-0.25, -0.2) is 0 Å². The Morgan fingerprint density at radius 3 is 2.46 bits per heavy atom. The van der Waals surface area contributed by atoms with Crippen molar-refractivity contribution in [3.05, 3.63) is 0 Å². The molecule has 1 fully saturated rings. The van der Waals surface area contributed by atoms with Crippen LogP contribution in [0.25, 0.3) is 0 Å². The molecule has 0 saturated carbocycles. The summed E-state index contributed by atoms with van der Waals surface area (Å²) in [6, 6.07) is 0. The lowest BCUT2D eigenvalue weighted by molar-refractivity contribution is -0.119. The SMILES string of the molecule is NC(=S)CCN1CCN(C=O)CC1. The van der Waals surface area contributed by atoms with E-state index in [1.807, 2.05) is 0 Å². The number of carbonyl (C=O) groups is 1. The Hall–Kier alpha value is -0.680. The topological polar surface area (TPSA) is 49.6 Å². The molecule has 0 radical (unpaired) electrons. The van der Waals surface area contributed by atoms with Gasteiger partial charge in [-0.3, -0.25) is 9.69 Å². The third-order valence-corrected chi connectivity index (χ3v) is 2.43. The van der Waals surface area contributed by atoms with E-state index in [9.17, 15) is 4.79 Å². The maximum absolute atomic E-state index is 10.4. The second-order valence-corrected chi connectivity index (χ2v) is 3.72. The third kappa shape index (κ3) is 3.69. The van der Waals surface area contributed by atoms with E-state index in [1.54, 1.807) is 4.90 Å². The minimum Gasteiger partial charge on any atom is -0.393 e. The van der Waals surface area contributed by atoms with Crippen molar-refractivity contribution in [1.29, 1.82) is 0 Å². The Bertz CT molecular complexity index is 190. The van der Waals surface area contributed by atoms with Crippen LogP contribution in [-0.2, 0) is 4.79 Å². The molecule has 2 N–H and O–H groups in total. The summed E-state index contributed by atoms with van der Waals surface area (Å²) in [6.45, 7) is 4.42. The number of piperazine rings is 1. The molecule has 13 heavy (non-hydrogen) atoms. The third-order valence-electron chi connectivity index (χ3n) is 2.23. The van der Waals surface area contributed by atoms with Crippen molar-refractivity contribution < 1.29 is 4.79 Å². The van der Waals surface area contributed by atoms with Gasteiger partial charge in [-0.1, -0.05) is 12.2 Å². The summed E-state index contributed by atoms with van der Waals surface area (Å²) in [5, 5.41) is 0. The number of carbonyl (C=O) groups excluding carboxylic acids is 1. The lowest BCUT2D eigenvalue weighted by Gasteiger charge is -2.32. The highest BCUT2D eigenvalue weighted by Crippen LogP contribution is 2.00. The number of thiocarbonyl (C=S) groups is 1. The van der Waals surface area contributed by atoms with E-state index in [-0.39, 0.29) is 0 Å². The molecule has 0 aromatic carbocycles. The lowest BCUT2D eigenvalue weighted by atomic mass is 10.3. The second-order valence-electron chi connectivity index (χ2n) is 3.20. The molecule has 1 heterocycles. The Kier molecular flexibility index (Phi) is 4.11. The van der Waals surface area contributed by atoms with Crippen molar-refractivity contribution in [2.75, 3.05) is 32.7 Å². The summed E-state index contributed by atoms with van der Waals surface area (Å²) >= 11 is 4.79. The molecule has 1 saturated heterocycles. The molecule has 1 aliphatic rings. The summed E-state index contributed by atoms with van der Waals surface area (Å²) in [5.74, 6) is 0. The normalized spacial score (nSPS) is 18.6. The summed E-state index contributed by atoms with van der Waals surface area (Å²) in [6.07, 6.45) is 1.68. The van der Waals surface area contributed by atoms with Gasteiger partial charge in [0.1, 0.15) is 0 Å². The van der Waals surface area contributed by atoms with Gasteiger partial charge in [0.25, 0.3) is 0 Å². The number of hydrogen-bond donors (Lipinski definition) is 1. The van der Waals surface area contributed by atoms with E-state index in [0.29, 0.717) is 4.99 Å². The molecule has 1 rings (SSSR count). The van der Waals surface area contributed by atoms with Gasteiger partial charge in [-0.15, -0.1) is 0 Å². The average molecular weight is 201 g/mol. The standard InChI is InChI=1S/C8H15N3OS/c9-8(13)1-2-10-3-5-11(7-12)6-4-10/h7H,1-6H2,(H2,9,13). The zero-order chi connectivity index (χ0) is 9.68. The fourth-order valence-electron chi connectivity index (χ4n) is 1.36. The highest BCUT2D eigenvalue weighted by atomic mass is 32.1. The van der Waals surface area contributed by atoms with Gasteiger partial charge in [-0.2, -0.15) is 0 Å². The molecular formula is C8H15N3OS. The summed E-state index contributed by atoms with van der Waals surface area (Å²) in [4.78, 5) is 15.0. The molecule has 5 heteroatoms. The van der Waals surface area contributed by atoms with Gasteiger partial charge in [0.05, 0.1) is 4.99 Å². The molecule has 4 nitrogen and oxygen atoms in total. The minimum atomic E-state index is 0.567. The van der Waals surface area contributed by atoms with Crippen LogP contribution in [0.4, 0.5) is 0 Å². The van der Waals surface area contributed by atoms with Gasteiger partial charge in [-0.05, 0) is 0 Å². The molecule has 0 aromatic rings. The number of amides is 1. The largest absolute Gasteiger partial charge is 0.393 e. The molecule has 0 spiro atoms. The van der Waals surface area contributed by atoms with Crippen LogP contribution in [0, 0.1) is 0 Å². The van der Waals surface area contributed by atoms with Crippen molar-refractivity contribution in [2.45, 2.75) is 6.42 Å². The number of hydrogen-bond acceptors (Lipinski definition) is 3. The molecule has 74 valence electrons. The zero-order valence-corrected chi connectivity index (χ0v) is 8.42. The summed E-state index contributed by atoms with van der Waals surface area (Å²) in [7, 11) is 0. The van der Waals surface area contributed by atoms with E-state index in [1.165, 1.54) is 0 Å². The zero-order valence-electron chi connectivity index (χ0n) is 7.61. The van der Waals surface area contributed by atoms with Crippen LogP contribution in [0.1, 0.15) is 6.42 Å². The lowest BCUT2D eigenvalue weighted by Crippen LogP contribution is -2.46. The van der Waals surface area contributed by atoms with Gasteiger partial charge >= 0.3 is 0 Å². The van der Waals surface area contributed by atoms with Crippen molar-refractivity contribution in [2.24, 2.45) is 5.73 Å². The van der Waals surface area contributed by atoms with Crippen LogP contribution in [0.5, 0.6) is 0 Å². The number of nitrogens with two attached hydrogens (primary N) is 1. The quantitative estimate of drug-likeness (QED) is 0.489. The van der Waals surface area contributed by atoms with Crippen LogP contribution < -0.4 is 5.73 Å². The van der Waals surface area contributed by atoms with Gasteiger partial charge in [0, 0.05) is 39.1 Å². The van der Waals surface area contributed by atoms with Crippen molar-refractivity contribution >= 4 is 23.6 Å². The Labute approximate surface area is 83.7 Å². The first-order chi connectivity index (χ1) is 6.22. The predicted octanol–water partition coefficient (Wildman–Crippen LogP) is -0.563. The highest BCUT2D eigenvalue weighted by molar-refractivity contribution is 7.80. The van der Waals surface area contributed by atoms with E-state index in [4.69, 9.17) is 18.0 Å². The first-order valence-electron chi connectivity index (χ1n) is 4.42. The minimum absolute atomic E-state index is 0.567. The summed E-state index contributed by atoms with van der Waals surface area (Å²) in [5.41, 5.74) is 5.40. The van der Waals surface area contributed by atoms with Crippen molar-refractivity contribution in [3.63, 3.8) is 0 Å². The Balaban J connectivity index is 2.17. The van der Waals surface area contributed by atoms with Crippen LogP contribution in [-0.4, -0.2) is 53.9 Å². The number of rotatable bonds is 4. The molecule has 1 amide bonds. The Morgan fingerprint density at radius 1 is 1.38 bits per heavy atom. The maximum atomic E-state index is 10.4. The van der Waals surface area contributed by atoms with Gasteiger partial charge in [0.15, 0.2) is 0 Å². The van der Waals surface area contributed by atoms with Crippen LogP contribution in [0.3, 0.4) is 0 Å². The van der Waals surface area contributed by atoms with Gasteiger partial charge in [0.2, 0.25) is 6.41 Å². The molecule has 0 bridgehead atoms. The molecule has 0 unspecified atom stereocenters. The van der Waals surface area contributed by atoms with E-state index >= 15 is 0 Å². The van der Waals surface area contributed by atoms with Crippen LogP contribution >= 0.6 is 12.2 Å². The van der Waals surface area contributed by atoms with E-state index < -0.39 is 0 Å². The second kappa shape index (κ2) is 5.14. The fraction of sp³-hybridized carbons (Fsp3) is 0.750. The molecule has 1 aliphatic heterocycles. The smallest absolute Gasteiger partial charge is 0.209 e. The maximum Gasteiger partial charge on any atom is 0.209 e. The summed E-state index contributed by atoms with van der Waals surface area (Å²) < 4.78 is 0.